The summed E-state index contributed by atoms with van der Waals surface area (Å²) in [4.78, 5) is 24.4. The Morgan fingerprint density at radius 1 is 1.12 bits per heavy atom. The van der Waals surface area contributed by atoms with Crippen LogP contribution in [0.3, 0.4) is 0 Å². The monoisotopic (exact) mass is 381 g/mol. The second-order valence-electron chi connectivity index (χ2n) is 5.02. The Morgan fingerprint density at radius 3 is 2.52 bits per heavy atom. The molecule has 4 nitrogen and oxygen atoms in total. The summed E-state index contributed by atoms with van der Waals surface area (Å²) in [7, 11) is 1.15. The van der Waals surface area contributed by atoms with E-state index in [1.54, 1.807) is 0 Å². The number of ether oxygens (including phenoxy) is 1. The molecule has 3 aromatic rings. The minimum Gasteiger partial charge on any atom is -0.465 e. The number of benzene rings is 2. The molecule has 0 fully saturated rings. The summed E-state index contributed by atoms with van der Waals surface area (Å²) in [5.74, 6) is -2.47. The molecule has 0 saturated carbocycles. The molecule has 8 heteroatoms. The van der Waals surface area contributed by atoms with Gasteiger partial charge in [-0.3, -0.25) is 4.79 Å². The molecule has 0 atom stereocenters. The third-order valence-electron chi connectivity index (χ3n) is 3.43. The minimum absolute atomic E-state index is 0.0814. The molecule has 3 rings (SSSR count). The third kappa shape index (κ3) is 3.33. The molecule has 0 aliphatic heterocycles. The molecule has 2 aromatic carbocycles. The Balaban J connectivity index is 1.98. The molecule has 0 aliphatic rings. The molecular weight excluding hydrogens is 372 g/mol. The fourth-order valence-electron chi connectivity index (χ4n) is 2.27. The number of fused-ring (bicyclic) bond motifs is 1. The molecule has 25 heavy (non-hydrogen) atoms. The van der Waals surface area contributed by atoms with Crippen LogP contribution >= 0.6 is 22.9 Å². The summed E-state index contributed by atoms with van der Waals surface area (Å²) in [6, 6.07) is 7.32. The van der Waals surface area contributed by atoms with Crippen LogP contribution in [0, 0.1) is 11.6 Å². The molecule has 0 bridgehead atoms. The van der Waals surface area contributed by atoms with E-state index in [-0.39, 0.29) is 21.2 Å². The number of carbonyl (C=O) groups excluding carboxylic acids is 2. The van der Waals surface area contributed by atoms with E-state index in [0.29, 0.717) is 10.1 Å². The predicted molar refractivity (Wildman–Crippen MR) is 92.5 cm³/mol. The maximum absolute atomic E-state index is 13.4. The molecule has 0 saturated heterocycles. The summed E-state index contributed by atoms with van der Waals surface area (Å²) in [6.45, 7) is 0. The lowest BCUT2D eigenvalue weighted by molar-refractivity contribution is 0.0601. The van der Waals surface area contributed by atoms with E-state index < -0.39 is 23.5 Å². The maximum Gasteiger partial charge on any atom is 0.340 e. The van der Waals surface area contributed by atoms with Crippen molar-refractivity contribution in [3.63, 3.8) is 0 Å². The first-order valence-corrected chi connectivity index (χ1v) is 8.17. The molecular formula is C17H10ClF2NO3S. The maximum atomic E-state index is 13.4. The number of anilines is 1. The Kier molecular flexibility index (Phi) is 4.69. The zero-order valence-electron chi connectivity index (χ0n) is 12.7. The van der Waals surface area contributed by atoms with Gasteiger partial charge in [-0.05, 0) is 36.4 Å². The number of rotatable bonds is 3. The number of halogens is 3. The van der Waals surface area contributed by atoms with Crippen molar-refractivity contribution < 1.29 is 23.1 Å². The molecule has 1 heterocycles. The summed E-state index contributed by atoms with van der Waals surface area (Å²) in [6.07, 6.45) is 0. The highest BCUT2D eigenvalue weighted by molar-refractivity contribution is 7.21. The second kappa shape index (κ2) is 6.78. The lowest BCUT2D eigenvalue weighted by Crippen LogP contribution is -2.15. The summed E-state index contributed by atoms with van der Waals surface area (Å²) in [5, 5.41) is 3.24. The largest absolute Gasteiger partial charge is 0.465 e. The van der Waals surface area contributed by atoms with Crippen molar-refractivity contribution in [1.29, 1.82) is 0 Å². The normalized spacial score (nSPS) is 10.7. The molecule has 0 unspecified atom stereocenters. The molecule has 1 amide bonds. The van der Waals surface area contributed by atoms with E-state index >= 15 is 0 Å². The quantitative estimate of drug-likeness (QED) is 0.658. The highest BCUT2D eigenvalue weighted by atomic mass is 35.5. The second-order valence-corrected chi connectivity index (χ2v) is 6.45. The van der Waals surface area contributed by atoms with Crippen LogP contribution in [0.5, 0.6) is 0 Å². The Hall–Kier alpha value is -2.51. The fraction of sp³-hybridized carbons (Fsp3) is 0.0588. The first kappa shape index (κ1) is 17.3. The zero-order valence-corrected chi connectivity index (χ0v) is 14.3. The number of amides is 1. The van der Waals surface area contributed by atoms with Gasteiger partial charge in [-0.1, -0.05) is 11.6 Å². The molecule has 1 aromatic heterocycles. The smallest absolute Gasteiger partial charge is 0.340 e. The van der Waals surface area contributed by atoms with Crippen LogP contribution in [0.4, 0.5) is 14.5 Å². The van der Waals surface area contributed by atoms with Gasteiger partial charge in [0.1, 0.15) is 16.5 Å². The minimum atomic E-state index is -0.792. The Labute approximate surface area is 150 Å². The summed E-state index contributed by atoms with van der Waals surface area (Å²) < 4.78 is 31.8. The Morgan fingerprint density at radius 2 is 1.80 bits per heavy atom. The zero-order chi connectivity index (χ0) is 18.1. The number of nitrogens with one attached hydrogen (secondary N) is 1. The van der Waals surface area contributed by atoms with Crippen molar-refractivity contribution in [2.75, 3.05) is 12.4 Å². The average Bonchev–Trinajstić information content (AvgIpc) is 2.91. The van der Waals surface area contributed by atoms with Crippen LogP contribution in [0.25, 0.3) is 10.1 Å². The van der Waals surface area contributed by atoms with Crippen molar-refractivity contribution in [1.82, 2.24) is 0 Å². The van der Waals surface area contributed by atoms with Gasteiger partial charge in [0.25, 0.3) is 5.91 Å². The van der Waals surface area contributed by atoms with E-state index in [1.165, 1.54) is 24.3 Å². The lowest BCUT2D eigenvalue weighted by atomic mass is 10.1. The lowest BCUT2D eigenvalue weighted by Gasteiger charge is -2.09. The summed E-state index contributed by atoms with van der Waals surface area (Å²) >= 11 is 7.22. The van der Waals surface area contributed by atoms with Gasteiger partial charge in [-0.2, -0.15) is 0 Å². The standard InChI is InChI=1S/C17H10ClF2NO3S/c1-24-17(23)11-6-8(19)3-5-12(11)21-16(22)15-14(18)10-4-2-9(20)7-13(10)25-15/h2-7H,1H3,(H,21,22). The first-order valence-electron chi connectivity index (χ1n) is 6.97. The van der Waals surface area contributed by atoms with Gasteiger partial charge < -0.3 is 10.1 Å². The van der Waals surface area contributed by atoms with Gasteiger partial charge in [-0.25, -0.2) is 13.6 Å². The highest BCUT2D eigenvalue weighted by Gasteiger charge is 2.20. The van der Waals surface area contributed by atoms with Crippen LogP contribution in [0.15, 0.2) is 36.4 Å². The number of hydrogen-bond acceptors (Lipinski definition) is 4. The number of thiophene rings is 1. The van der Waals surface area contributed by atoms with Crippen molar-refractivity contribution in [2.24, 2.45) is 0 Å². The topological polar surface area (TPSA) is 55.4 Å². The van der Waals surface area contributed by atoms with E-state index in [1.807, 2.05) is 0 Å². The van der Waals surface area contributed by atoms with Gasteiger partial charge in [0, 0.05) is 10.1 Å². The number of carbonyl (C=O) groups is 2. The first-order chi connectivity index (χ1) is 11.9. The van der Waals surface area contributed by atoms with E-state index in [9.17, 15) is 18.4 Å². The van der Waals surface area contributed by atoms with E-state index in [4.69, 9.17) is 11.6 Å². The SMILES string of the molecule is COC(=O)c1cc(F)ccc1NC(=O)c1sc2cc(F)ccc2c1Cl. The third-order valence-corrected chi connectivity index (χ3v) is 5.09. The van der Waals surface area contributed by atoms with Gasteiger partial charge >= 0.3 is 5.97 Å². The number of esters is 1. The predicted octanol–water partition coefficient (Wildman–Crippen LogP) is 4.87. The van der Waals surface area contributed by atoms with Crippen molar-refractivity contribution in [2.45, 2.75) is 0 Å². The molecule has 0 spiro atoms. The van der Waals surface area contributed by atoms with Crippen LogP contribution in [-0.4, -0.2) is 19.0 Å². The van der Waals surface area contributed by atoms with Gasteiger partial charge in [0.2, 0.25) is 0 Å². The van der Waals surface area contributed by atoms with Crippen molar-refractivity contribution in [3.8, 4) is 0 Å². The summed E-state index contributed by atoms with van der Waals surface area (Å²) in [5.41, 5.74) is -0.0444. The van der Waals surface area contributed by atoms with Gasteiger partial charge in [0.15, 0.2) is 0 Å². The van der Waals surface area contributed by atoms with Gasteiger partial charge in [0.05, 0.1) is 23.4 Å². The van der Waals surface area contributed by atoms with Crippen molar-refractivity contribution >= 4 is 50.6 Å². The molecule has 0 radical (unpaired) electrons. The van der Waals surface area contributed by atoms with E-state index in [0.717, 1.165) is 30.6 Å². The Bertz CT molecular complexity index is 1000. The highest BCUT2D eigenvalue weighted by Crippen LogP contribution is 2.36. The number of methoxy groups -OCH3 is 1. The molecule has 128 valence electrons. The number of hydrogen-bond donors (Lipinski definition) is 1. The van der Waals surface area contributed by atoms with Crippen molar-refractivity contribution in [3.05, 3.63) is 63.5 Å². The fourth-order valence-corrected chi connectivity index (χ4v) is 3.71. The van der Waals surface area contributed by atoms with Crippen LogP contribution in [0.1, 0.15) is 20.0 Å². The van der Waals surface area contributed by atoms with Crippen LogP contribution in [0.2, 0.25) is 5.02 Å². The average molecular weight is 382 g/mol. The molecule has 0 aliphatic carbocycles. The molecule has 1 N–H and O–H groups in total. The van der Waals surface area contributed by atoms with Crippen LogP contribution < -0.4 is 5.32 Å². The van der Waals surface area contributed by atoms with Gasteiger partial charge in [-0.15, -0.1) is 11.3 Å². The van der Waals surface area contributed by atoms with Crippen LogP contribution in [-0.2, 0) is 4.74 Å². The van der Waals surface area contributed by atoms with E-state index in [2.05, 4.69) is 10.1 Å².